The van der Waals surface area contributed by atoms with Crippen LogP contribution in [0.3, 0.4) is 0 Å². The molecule has 1 N–H and O–H groups in total. The topological polar surface area (TPSA) is 29.9 Å². The predicted octanol–water partition coefficient (Wildman–Crippen LogP) is 2.33. The van der Waals surface area contributed by atoms with E-state index in [0.29, 0.717) is 0 Å². The number of likely N-dealkylation sites (N-methyl/N-ethyl adjacent to an activating group) is 1. The summed E-state index contributed by atoms with van der Waals surface area (Å²) in [5.41, 5.74) is 3.87. The van der Waals surface area contributed by atoms with Gasteiger partial charge in [-0.05, 0) is 32.5 Å². The van der Waals surface area contributed by atoms with E-state index in [4.69, 9.17) is 0 Å². The van der Waals surface area contributed by atoms with Gasteiger partial charge in [0.2, 0.25) is 0 Å². The number of rotatable bonds is 5. The Kier molecular flexibility index (Phi) is 3.94. The molecular formula is C14H19N3. The summed E-state index contributed by atoms with van der Waals surface area (Å²) in [6.07, 6.45) is 4.88. The van der Waals surface area contributed by atoms with Gasteiger partial charge in [-0.2, -0.15) is 0 Å². The van der Waals surface area contributed by atoms with E-state index in [0.717, 1.165) is 19.5 Å². The minimum atomic E-state index is 0.954. The van der Waals surface area contributed by atoms with Crippen LogP contribution in [0.2, 0.25) is 0 Å². The van der Waals surface area contributed by atoms with Gasteiger partial charge in [0.1, 0.15) is 0 Å². The van der Waals surface area contributed by atoms with Crippen LogP contribution in [0.5, 0.6) is 0 Å². The average molecular weight is 229 g/mol. The van der Waals surface area contributed by atoms with E-state index < -0.39 is 0 Å². The third kappa shape index (κ3) is 2.56. The first-order chi connectivity index (χ1) is 8.36. The maximum atomic E-state index is 4.24. The van der Waals surface area contributed by atoms with Gasteiger partial charge in [-0.15, -0.1) is 0 Å². The van der Waals surface area contributed by atoms with E-state index in [-0.39, 0.29) is 0 Å². The Labute approximate surface area is 103 Å². The Morgan fingerprint density at radius 3 is 2.88 bits per heavy atom. The lowest BCUT2D eigenvalue weighted by Gasteiger charge is -2.11. The van der Waals surface area contributed by atoms with E-state index in [1.54, 1.807) is 0 Å². The summed E-state index contributed by atoms with van der Waals surface area (Å²) in [4.78, 5) is 4.24. The lowest BCUT2D eigenvalue weighted by atomic mass is 10.0. The van der Waals surface area contributed by atoms with Gasteiger partial charge in [-0.3, -0.25) is 0 Å². The number of aromatic nitrogens is 2. The van der Waals surface area contributed by atoms with Crippen LogP contribution in [0, 0.1) is 0 Å². The minimum Gasteiger partial charge on any atom is -0.331 e. The fraction of sp³-hybridized carbons (Fsp3) is 0.357. The Morgan fingerprint density at radius 2 is 2.12 bits per heavy atom. The number of hydrogen-bond donors (Lipinski definition) is 1. The molecule has 0 unspecified atom stereocenters. The molecule has 0 aliphatic heterocycles. The standard InChI is InChI=1S/C14H19N3/c1-3-17-11-16-10-14(17)13-7-5-4-6-12(13)8-9-15-2/h4-7,10-11,15H,3,8-9H2,1-2H3. The first-order valence-corrected chi connectivity index (χ1v) is 6.09. The predicted molar refractivity (Wildman–Crippen MR) is 71.0 cm³/mol. The highest BCUT2D eigenvalue weighted by atomic mass is 15.0. The number of benzene rings is 1. The minimum absolute atomic E-state index is 0.954. The van der Waals surface area contributed by atoms with E-state index >= 15 is 0 Å². The molecule has 0 atom stereocenters. The summed E-state index contributed by atoms with van der Waals surface area (Å²) in [5.74, 6) is 0. The van der Waals surface area contributed by atoms with Gasteiger partial charge in [-0.1, -0.05) is 24.3 Å². The van der Waals surface area contributed by atoms with Crippen LogP contribution in [0.1, 0.15) is 12.5 Å². The normalized spacial score (nSPS) is 10.7. The number of imidazole rings is 1. The van der Waals surface area contributed by atoms with Crippen molar-refractivity contribution in [2.75, 3.05) is 13.6 Å². The Morgan fingerprint density at radius 1 is 1.29 bits per heavy atom. The summed E-state index contributed by atoms with van der Waals surface area (Å²) in [6.45, 7) is 4.09. The zero-order valence-corrected chi connectivity index (χ0v) is 10.5. The van der Waals surface area contributed by atoms with E-state index in [1.165, 1.54) is 16.8 Å². The summed E-state index contributed by atoms with van der Waals surface area (Å²) < 4.78 is 2.18. The average Bonchev–Trinajstić information content (AvgIpc) is 2.84. The molecule has 0 bridgehead atoms. The summed E-state index contributed by atoms with van der Waals surface area (Å²) in [5, 5.41) is 3.19. The fourth-order valence-corrected chi connectivity index (χ4v) is 2.04. The molecule has 2 rings (SSSR count). The zero-order chi connectivity index (χ0) is 12.1. The largest absolute Gasteiger partial charge is 0.331 e. The second-order valence-electron chi connectivity index (χ2n) is 4.08. The lowest BCUT2D eigenvalue weighted by Crippen LogP contribution is -2.11. The van der Waals surface area contributed by atoms with Crippen molar-refractivity contribution in [1.29, 1.82) is 0 Å². The van der Waals surface area contributed by atoms with Gasteiger partial charge in [0, 0.05) is 12.1 Å². The Bertz CT molecular complexity index is 474. The van der Waals surface area contributed by atoms with Crippen molar-refractivity contribution >= 4 is 0 Å². The maximum absolute atomic E-state index is 4.24. The number of nitrogens with one attached hydrogen (secondary N) is 1. The number of nitrogens with zero attached hydrogens (tertiary/aromatic N) is 2. The summed E-state index contributed by atoms with van der Waals surface area (Å²) in [7, 11) is 1.99. The van der Waals surface area contributed by atoms with Gasteiger partial charge in [-0.25, -0.2) is 4.98 Å². The monoisotopic (exact) mass is 229 g/mol. The second-order valence-corrected chi connectivity index (χ2v) is 4.08. The molecule has 0 aliphatic carbocycles. The molecule has 3 nitrogen and oxygen atoms in total. The molecule has 3 heteroatoms. The van der Waals surface area contributed by atoms with Gasteiger partial charge in [0.15, 0.2) is 0 Å². The highest BCUT2D eigenvalue weighted by Gasteiger charge is 2.08. The van der Waals surface area contributed by atoms with E-state index in [2.05, 4.69) is 46.1 Å². The Balaban J connectivity index is 2.37. The Hall–Kier alpha value is -1.61. The fourth-order valence-electron chi connectivity index (χ4n) is 2.04. The first-order valence-electron chi connectivity index (χ1n) is 6.09. The van der Waals surface area contributed by atoms with Crippen LogP contribution in [0.15, 0.2) is 36.8 Å². The van der Waals surface area contributed by atoms with Crippen molar-refractivity contribution in [3.8, 4) is 11.3 Å². The molecule has 0 saturated heterocycles. The molecule has 1 aromatic carbocycles. The molecule has 0 spiro atoms. The number of aryl methyl sites for hydroxylation is 1. The van der Waals surface area contributed by atoms with Crippen LogP contribution >= 0.6 is 0 Å². The SMILES string of the molecule is CCn1cncc1-c1ccccc1CCNC. The third-order valence-electron chi connectivity index (χ3n) is 2.99. The molecule has 2 aromatic rings. The van der Waals surface area contributed by atoms with E-state index in [9.17, 15) is 0 Å². The molecule has 0 fully saturated rings. The molecule has 1 aromatic heterocycles. The number of hydrogen-bond acceptors (Lipinski definition) is 2. The summed E-state index contributed by atoms with van der Waals surface area (Å²) >= 11 is 0. The lowest BCUT2D eigenvalue weighted by molar-refractivity contribution is 0.764. The molecule has 0 aliphatic rings. The molecule has 1 heterocycles. The smallest absolute Gasteiger partial charge is 0.0950 e. The van der Waals surface area contributed by atoms with Crippen molar-refractivity contribution in [1.82, 2.24) is 14.9 Å². The van der Waals surface area contributed by atoms with Crippen LogP contribution < -0.4 is 5.32 Å². The highest BCUT2D eigenvalue weighted by Crippen LogP contribution is 2.23. The maximum Gasteiger partial charge on any atom is 0.0950 e. The zero-order valence-electron chi connectivity index (χ0n) is 10.5. The van der Waals surface area contributed by atoms with Crippen molar-refractivity contribution in [3.63, 3.8) is 0 Å². The third-order valence-corrected chi connectivity index (χ3v) is 2.99. The van der Waals surface area contributed by atoms with Crippen molar-refractivity contribution in [2.45, 2.75) is 19.9 Å². The molecule has 0 saturated carbocycles. The van der Waals surface area contributed by atoms with Crippen molar-refractivity contribution < 1.29 is 0 Å². The van der Waals surface area contributed by atoms with Crippen molar-refractivity contribution in [3.05, 3.63) is 42.4 Å². The van der Waals surface area contributed by atoms with Gasteiger partial charge >= 0.3 is 0 Å². The summed E-state index contributed by atoms with van der Waals surface area (Å²) in [6, 6.07) is 8.56. The molecular weight excluding hydrogens is 210 g/mol. The quantitative estimate of drug-likeness (QED) is 0.852. The van der Waals surface area contributed by atoms with Crippen LogP contribution in [0.4, 0.5) is 0 Å². The molecule has 90 valence electrons. The van der Waals surface area contributed by atoms with Crippen LogP contribution in [0.25, 0.3) is 11.3 Å². The van der Waals surface area contributed by atoms with Gasteiger partial charge < -0.3 is 9.88 Å². The van der Waals surface area contributed by atoms with Crippen LogP contribution in [-0.2, 0) is 13.0 Å². The second kappa shape index (κ2) is 5.64. The molecule has 17 heavy (non-hydrogen) atoms. The van der Waals surface area contributed by atoms with Crippen LogP contribution in [-0.4, -0.2) is 23.1 Å². The van der Waals surface area contributed by atoms with Gasteiger partial charge in [0.05, 0.1) is 18.2 Å². The molecule has 0 radical (unpaired) electrons. The van der Waals surface area contributed by atoms with Crippen molar-refractivity contribution in [2.24, 2.45) is 0 Å². The highest BCUT2D eigenvalue weighted by molar-refractivity contribution is 5.63. The van der Waals surface area contributed by atoms with E-state index in [1.807, 2.05) is 19.6 Å². The molecule has 0 amide bonds. The van der Waals surface area contributed by atoms with Gasteiger partial charge in [0.25, 0.3) is 0 Å². The first kappa shape index (κ1) is 11.9.